The van der Waals surface area contributed by atoms with Crippen molar-refractivity contribution in [2.45, 2.75) is 111 Å². The summed E-state index contributed by atoms with van der Waals surface area (Å²) in [5.41, 5.74) is 3.43. The van der Waals surface area contributed by atoms with Crippen molar-refractivity contribution < 1.29 is 23.3 Å². The lowest BCUT2D eigenvalue weighted by Crippen LogP contribution is -2.41. The smallest absolute Gasteiger partial charge is 0.461 e. The van der Waals surface area contributed by atoms with Gasteiger partial charge in [-0.25, -0.2) is 4.79 Å². The minimum atomic E-state index is -1.85. The maximum absolute atomic E-state index is 13.1. The number of aryl methyl sites for hydroxylation is 1. The number of esters is 1. The molecular formula is C28H46BNO5Si. The molecule has 1 aliphatic heterocycles. The Morgan fingerprint density at radius 1 is 1.14 bits per heavy atom. The molecule has 1 unspecified atom stereocenters. The maximum Gasteiger partial charge on any atom is 0.497 e. The van der Waals surface area contributed by atoms with Crippen LogP contribution in [-0.2, 0) is 18.5 Å². The van der Waals surface area contributed by atoms with E-state index in [2.05, 4.69) is 92.5 Å². The molecule has 0 radical (unpaired) electrons. The van der Waals surface area contributed by atoms with Crippen molar-refractivity contribution in [1.29, 1.82) is 0 Å². The first kappa shape index (κ1) is 29.0. The fraction of sp³-hybridized carbons (Fsp3) is 0.679. The first-order valence-corrected chi connectivity index (χ1v) is 16.2. The highest BCUT2D eigenvalue weighted by molar-refractivity contribution is 6.74. The molecule has 3 rings (SSSR count). The highest BCUT2D eigenvalue weighted by Gasteiger charge is 2.52. The molecule has 0 bridgehead atoms. The topological polar surface area (TPSA) is 69.8 Å². The molecular weight excluding hydrogens is 469 g/mol. The van der Waals surface area contributed by atoms with Crippen LogP contribution < -0.4 is 5.46 Å². The maximum atomic E-state index is 13.1. The van der Waals surface area contributed by atoms with Crippen molar-refractivity contribution in [2.75, 3.05) is 13.2 Å². The lowest BCUT2D eigenvalue weighted by molar-refractivity contribution is 0.00578. The predicted octanol–water partition coefficient (Wildman–Crippen LogP) is 6.47. The average molecular weight is 516 g/mol. The molecule has 0 aliphatic carbocycles. The standard InChI is InChI=1S/C28H46BNO5Si/c1-13-32-25(31)24-21(18(2)16-17-33-36(11,12)26(4,5)6)20-15-14-19(3)22(23(20)30-24)29-34-27(7,8)28(9,10)35-29/h14-15,18,30H,13,16-17H2,1-12H3. The van der Waals surface area contributed by atoms with E-state index < -0.39 is 26.6 Å². The Hall–Kier alpha value is -1.61. The predicted molar refractivity (Wildman–Crippen MR) is 151 cm³/mol. The van der Waals surface area contributed by atoms with Crippen molar-refractivity contribution in [3.63, 3.8) is 0 Å². The Kier molecular flexibility index (Phi) is 7.99. The summed E-state index contributed by atoms with van der Waals surface area (Å²) in [7, 11) is -2.38. The van der Waals surface area contributed by atoms with Gasteiger partial charge >= 0.3 is 13.1 Å². The van der Waals surface area contributed by atoms with Gasteiger partial charge in [-0.1, -0.05) is 39.8 Å². The third kappa shape index (κ3) is 5.33. The summed E-state index contributed by atoms with van der Waals surface area (Å²) in [5.74, 6) is -0.241. The van der Waals surface area contributed by atoms with Crippen molar-refractivity contribution in [1.82, 2.24) is 4.98 Å². The van der Waals surface area contributed by atoms with Gasteiger partial charge in [0.25, 0.3) is 0 Å². The van der Waals surface area contributed by atoms with Gasteiger partial charge in [-0.15, -0.1) is 0 Å². The van der Waals surface area contributed by atoms with Gasteiger partial charge in [-0.05, 0) is 83.1 Å². The molecule has 1 saturated heterocycles. The number of H-pyrrole nitrogens is 1. The molecule has 36 heavy (non-hydrogen) atoms. The second-order valence-electron chi connectivity index (χ2n) is 12.7. The zero-order valence-electron chi connectivity index (χ0n) is 24.5. The highest BCUT2D eigenvalue weighted by Crippen LogP contribution is 2.40. The number of hydrogen-bond acceptors (Lipinski definition) is 5. The summed E-state index contributed by atoms with van der Waals surface area (Å²) in [6.07, 6.45) is 0.811. The summed E-state index contributed by atoms with van der Waals surface area (Å²) >= 11 is 0. The van der Waals surface area contributed by atoms with Gasteiger partial charge in [0.1, 0.15) is 5.69 Å². The quantitative estimate of drug-likeness (QED) is 0.322. The number of hydrogen-bond donors (Lipinski definition) is 1. The summed E-state index contributed by atoms with van der Waals surface area (Å²) in [6.45, 7) is 26.5. The van der Waals surface area contributed by atoms with E-state index in [1.165, 1.54) is 0 Å². The van der Waals surface area contributed by atoms with Crippen LogP contribution in [-0.4, -0.2) is 50.8 Å². The molecule has 8 heteroatoms. The monoisotopic (exact) mass is 515 g/mol. The molecule has 0 amide bonds. The molecule has 0 spiro atoms. The van der Waals surface area contributed by atoms with Crippen LogP contribution in [0.4, 0.5) is 0 Å². The zero-order valence-corrected chi connectivity index (χ0v) is 25.5. The highest BCUT2D eigenvalue weighted by atomic mass is 28.4. The van der Waals surface area contributed by atoms with Crippen LogP contribution in [0.1, 0.15) is 96.3 Å². The number of benzene rings is 1. The number of carbonyl (C=O) groups is 1. The Bertz CT molecular complexity index is 1100. The largest absolute Gasteiger partial charge is 0.497 e. The van der Waals surface area contributed by atoms with Gasteiger partial charge in [-0.3, -0.25) is 0 Å². The van der Waals surface area contributed by atoms with E-state index in [0.29, 0.717) is 18.9 Å². The fourth-order valence-electron chi connectivity index (χ4n) is 4.40. The number of aromatic amines is 1. The van der Waals surface area contributed by atoms with E-state index in [-0.39, 0.29) is 16.9 Å². The fourth-order valence-corrected chi connectivity index (χ4v) is 5.46. The van der Waals surface area contributed by atoms with Crippen molar-refractivity contribution in [3.05, 3.63) is 29.0 Å². The Morgan fingerprint density at radius 2 is 1.72 bits per heavy atom. The van der Waals surface area contributed by atoms with Gasteiger partial charge in [0.2, 0.25) is 0 Å². The summed E-state index contributed by atoms with van der Waals surface area (Å²) in [6, 6.07) is 4.19. The lowest BCUT2D eigenvalue weighted by Gasteiger charge is -2.36. The third-order valence-electron chi connectivity index (χ3n) is 8.55. The SMILES string of the molecule is CCOC(=O)c1[nH]c2c(B3OC(C)(C)C(C)(C)O3)c(C)ccc2c1C(C)CCO[Si](C)(C)C(C)(C)C. The second kappa shape index (κ2) is 9.93. The zero-order chi connectivity index (χ0) is 27.3. The van der Waals surface area contributed by atoms with Crippen molar-refractivity contribution in [2.24, 2.45) is 0 Å². The van der Waals surface area contributed by atoms with Gasteiger partial charge < -0.3 is 23.5 Å². The Balaban J connectivity index is 2.04. The number of rotatable bonds is 8. The number of nitrogens with one attached hydrogen (secondary N) is 1. The van der Waals surface area contributed by atoms with Gasteiger partial charge in [0.05, 0.1) is 17.8 Å². The number of carbonyl (C=O) groups excluding carboxylic acids is 1. The molecule has 0 saturated carbocycles. The third-order valence-corrected chi connectivity index (χ3v) is 13.1. The molecule has 2 heterocycles. The average Bonchev–Trinajstić information content (AvgIpc) is 3.20. The molecule has 1 N–H and O–H groups in total. The molecule has 1 aliphatic rings. The minimum Gasteiger partial charge on any atom is -0.461 e. The number of aromatic nitrogens is 1. The van der Waals surface area contributed by atoms with Crippen LogP contribution in [0.2, 0.25) is 18.1 Å². The van der Waals surface area contributed by atoms with Crippen LogP contribution in [0.5, 0.6) is 0 Å². The second-order valence-corrected chi connectivity index (χ2v) is 17.5. The lowest BCUT2D eigenvalue weighted by atomic mass is 9.74. The van der Waals surface area contributed by atoms with Crippen LogP contribution in [0, 0.1) is 6.92 Å². The van der Waals surface area contributed by atoms with Crippen LogP contribution in [0.25, 0.3) is 10.9 Å². The Labute approximate surface area is 219 Å². The van der Waals surface area contributed by atoms with Gasteiger partial charge in [-0.2, -0.15) is 0 Å². The first-order chi connectivity index (χ1) is 16.4. The molecule has 1 aromatic heterocycles. The van der Waals surface area contributed by atoms with E-state index in [4.69, 9.17) is 18.5 Å². The molecule has 2 aromatic rings. The van der Waals surface area contributed by atoms with Crippen molar-refractivity contribution >= 4 is 37.8 Å². The molecule has 6 nitrogen and oxygen atoms in total. The number of fused-ring (bicyclic) bond motifs is 1. The molecule has 200 valence electrons. The molecule has 1 atom stereocenters. The van der Waals surface area contributed by atoms with Crippen LogP contribution in [0.3, 0.4) is 0 Å². The normalized spacial score (nSPS) is 18.6. The van der Waals surface area contributed by atoms with E-state index in [0.717, 1.165) is 33.9 Å². The van der Waals surface area contributed by atoms with Gasteiger partial charge in [0.15, 0.2) is 8.32 Å². The van der Waals surface area contributed by atoms with Gasteiger partial charge in [0, 0.05) is 23.0 Å². The van der Waals surface area contributed by atoms with E-state index in [1.807, 2.05) is 6.92 Å². The Morgan fingerprint density at radius 3 is 2.25 bits per heavy atom. The van der Waals surface area contributed by atoms with Crippen LogP contribution in [0.15, 0.2) is 12.1 Å². The summed E-state index contributed by atoms with van der Waals surface area (Å²) in [5, 5.41) is 1.16. The van der Waals surface area contributed by atoms with E-state index >= 15 is 0 Å². The molecule has 1 fully saturated rings. The van der Waals surface area contributed by atoms with Crippen molar-refractivity contribution in [3.8, 4) is 0 Å². The van der Waals surface area contributed by atoms with E-state index in [9.17, 15) is 4.79 Å². The number of ether oxygens (including phenoxy) is 1. The molecule has 1 aromatic carbocycles. The first-order valence-electron chi connectivity index (χ1n) is 13.3. The minimum absolute atomic E-state index is 0.0942. The van der Waals surface area contributed by atoms with E-state index in [1.54, 1.807) is 0 Å². The summed E-state index contributed by atoms with van der Waals surface area (Å²) < 4.78 is 24.8. The van der Waals surface area contributed by atoms with Crippen LogP contribution >= 0.6 is 0 Å². The summed E-state index contributed by atoms with van der Waals surface area (Å²) in [4.78, 5) is 16.5.